The van der Waals surface area contributed by atoms with Gasteiger partial charge in [0.2, 0.25) is 8.32 Å². The van der Waals surface area contributed by atoms with Crippen LogP contribution in [0.2, 0.25) is 55.9 Å². The fourth-order valence-electron chi connectivity index (χ4n) is 6.21. The molecular formula is C38H70O7Si3. The lowest BCUT2D eigenvalue weighted by atomic mass is 9.91. The summed E-state index contributed by atoms with van der Waals surface area (Å²) in [5, 5.41) is 9.33. The fourth-order valence-corrected chi connectivity index (χ4v) is 11.9. The molecule has 0 saturated carbocycles. The Morgan fingerprint density at radius 2 is 1.62 bits per heavy atom. The van der Waals surface area contributed by atoms with Crippen LogP contribution < -0.4 is 0 Å². The minimum absolute atomic E-state index is 0.00360. The second-order valence-electron chi connectivity index (χ2n) is 16.4. The first-order valence-corrected chi connectivity index (χ1v) is 27.2. The summed E-state index contributed by atoms with van der Waals surface area (Å²) in [6.45, 7) is 30.8. The van der Waals surface area contributed by atoms with Crippen molar-refractivity contribution in [2.45, 2.75) is 187 Å². The van der Waals surface area contributed by atoms with E-state index in [1.807, 2.05) is 0 Å². The molecule has 0 aliphatic heterocycles. The predicted molar refractivity (Wildman–Crippen MR) is 206 cm³/mol. The zero-order valence-corrected chi connectivity index (χ0v) is 36.1. The van der Waals surface area contributed by atoms with E-state index < -0.39 is 43.0 Å². The Morgan fingerprint density at radius 1 is 1.02 bits per heavy atom. The van der Waals surface area contributed by atoms with E-state index in [0.29, 0.717) is 12.8 Å². The number of rotatable bonds is 20. The average Bonchev–Trinajstić information content (AvgIpc) is 3.24. The molecule has 1 N–H and O–H groups in total. The summed E-state index contributed by atoms with van der Waals surface area (Å²) in [7, 11) is -5.87. The van der Waals surface area contributed by atoms with Crippen molar-refractivity contribution < 1.29 is 32.7 Å². The Bertz CT molecular complexity index is 1140. The number of carboxylic acids is 1. The molecule has 48 heavy (non-hydrogen) atoms. The Kier molecular flexibility index (Phi) is 17.7. The van der Waals surface area contributed by atoms with Gasteiger partial charge in [-0.3, -0.25) is 9.59 Å². The van der Waals surface area contributed by atoms with Crippen molar-refractivity contribution in [1.82, 2.24) is 0 Å². The van der Waals surface area contributed by atoms with Crippen molar-refractivity contribution in [1.29, 1.82) is 0 Å². The molecule has 0 fully saturated rings. The molecule has 276 valence electrons. The van der Waals surface area contributed by atoms with Gasteiger partial charge < -0.3 is 23.1 Å². The second kappa shape index (κ2) is 19.1. The molecular weight excluding hydrogens is 653 g/mol. The number of carbonyl (C=O) groups is 2. The van der Waals surface area contributed by atoms with E-state index in [1.165, 1.54) is 12.5 Å². The Hall–Kier alpha value is -1.65. The highest BCUT2D eigenvalue weighted by Gasteiger charge is 2.45. The van der Waals surface area contributed by atoms with Crippen LogP contribution in [-0.2, 0) is 27.6 Å². The molecule has 1 aliphatic rings. The molecule has 1 aliphatic carbocycles. The standard InChI is InChI=1S/C38H70O7Si3/c1-15-19-26-38(9,45-46(10,11)12)27-22-25-33-32(24-21-20-23-31(28-36(40)41)42-30(5)39)34(43-47(13,14)37(6,7)8)29-35(33)44-48(16-2,17-3)18-4/h22,25,31,33,35H,15-19,21,24,26-29H2,1-14H3,(H,40,41)/b25-22+. The van der Waals surface area contributed by atoms with Gasteiger partial charge in [0.15, 0.2) is 22.7 Å². The van der Waals surface area contributed by atoms with Crippen LogP contribution in [0.1, 0.15) is 114 Å². The Balaban J connectivity index is 3.68. The largest absolute Gasteiger partial charge is 0.546 e. The molecule has 0 amide bonds. The molecule has 0 aromatic heterocycles. The molecule has 0 radical (unpaired) electrons. The first kappa shape index (κ1) is 44.4. The van der Waals surface area contributed by atoms with E-state index in [2.05, 4.69) is 112 Å². The quantitative estimate of drug-likeness (QED) is 0.0579. The minimum Gasteiger partial charge on any atom is -0.546 e. The third-order valence-electron chi connectivity index (χ3n) is 10.0. The zero-order valence-electron chi connectivity index (χ0n) is 33.1. The van der Waals surface area contributed by atoms with Gasteiger partial charge in [0.25, 0.3) is 0 Å². The molecule has 0 spiro atoms. The van der Waals surface area contributed by atoms with Gasteiger partial charge in [0.1, 0.15) is 0 Å². The third kappa shape index (κ3) is 14.7. The summed E-state index contributed by atoms with van der Waals surface area (Å²) in [5.41, 5.74) is 1.01. The predicted octanol–water partition coefficient (Wildman–Crippen LogP) is 10.6. The number of carbonyl (C=O) groups excluding carboxylic acids is 1. The van der Waals surface area contributed by atoms with Crippen LogP contribution in [0.5, 0.6) is 0 Å². The fraction of sp³-hybridized carbons (Fsp3) is 0.789. The van der Waals surface area contributed by atoms with Gasteiger partial charge in [0, 0.05) is 25.7 Å². The summed E-state index contributed by atoms with van der Waals surface area (Å²) in [5.74, 6) is 5.55. The number of ether oxygens (including phenoxy) is 1. The van der Waals surface area contributed by atoms with E-state index in [9.17, 15) is 14.7 Å². The summed E-state index contributed by atoms with van der Waals surface area (Å²) < 4.78 is 26.4. The number of hydrogen-bond donors (Lipinski definition) is 1. The average molecular weight is 723 g/mol. The van der Waals surface area contributed by atoms with Crippen molar-refractivity contribution in [2.75, 3.05) is 0 Å². The second-order valence-corrected chi connectivity index (χ2v) is 30.2. The molecule has 0 aromatic rings. The van der Waals surface area contributed by atoms with Crippen LogP contribution in [0.25, 0.3) is 0 Å². The van der Waals surface area contributed by atoms with Crippen molar-refractivity contribution >= 4 is 36.9 Å². The van der Waals surface area contributed by atoms with Crippen molar-refractivity contribution in [2.24, 2.45) is 5.92 Å². The molecule has 0 saturated heterocycles. The number of unbranched alkanes of at least 4 members (excludes halogenated alkanes) is 1. The number of esters is 1. The lowest BCUT2D eigenvalue weighted by Gasteiger charge is -2.37. The monoisotopic (exact) mass is 722 g/mol. The molecule has 4 unspecified atom stereocenters. The highest BCUT2D eigenvalue weighted by molar-refractivity contribution is 6.74. The maximum absolute atomic E-state index is 11.6. The first-order chi connectivity index (χ1) is 22.1. The van der Waals surface area contributed by atoms with Gasteiger partial charge in [-0.05, 0) is 87.7 Å². The van der Waals surface area contributed by atoms with Gasteiger partial charge in [0.05, 0.1) is 23.9 Å². The van der Waals surface area contributed by atoms with E-state index in [-0.39, 0.29) is 29.1 Å². The number of hydrogen-bond acceptors (Lipinski definition) is 6. The lowest BCUT2D eigenvalue weighted by Crippen LogP contribution is -2.42. The molecule has 1 rings (SSSR count). The van der Waals surface area contributed by atoms with E-state index in [0.717, 1.165) is 56.0 Å². The highest BCUT2D eigenvalue weighted by atomic mass is 28.4. The van der Waals surface area contributed by atoms with Gasteiger partial charge in [-0.1, -0.05) is 85.3 Å². The number of carboxylic acid groups (broad SMARTS) is 1. The molecule has 0 bridgehead atoms. The summed E-state index contributed by atoms with van der Waals surface area (Å²) in [6.07, 6.45) is 9.42. The van der Waals surface area contributed by atoms with Crippen LogP contribution in [0.3, 0.4) is 0 Å². The highest BCUT2D eigenvalue weighted by Crippen LogP contribution is 2.46. The zero-order chi connectivity index (χ0) is 37.0. The molecule has 0 heterocycles. The molecule has 7 nitrogen and oxygen atoms in total. The van der Waals surface area contributed by atoms with Crippen LogP contribution >= 0.6 is 0 Å². The SMILES string of the molecule is CCCCC(C)(C/C=C/C1C(CCC#CC(CC(=O)O)OC(C)=O)=C(O[Si](C)(C)C(C)(C)C)CC1O[Si](CC)(CC)CC)O[Si](C)(C)C. The Morgan fingerprint density at radius 3 is 2.10 bits per heavy atom. The van der Waals surface area contributed by atoms with Crippen molar-refractivity contribution in [3.8, 4) is 11.8 Å². The molecule has 0 aromatic carbocycles. The first-order valence-electron chi connectivity index (χ1n) is 18.4. The number of aliphatic carboxylic acids is 1. The third-order valence-corrected chi connectivity index (χ3v) is 20.2. The van der Waals surface area contributed by atoms with Crippen LogP contribution in [-0.4, -0.2) is 59.8 Å². The van der Waals surface area contributed by atoms with Crippen molar-refractivity contribution in [3.63, 3.8) is 0 Å². The summed E-state index contributed by atoms with van der Waals surface area (Å²) in [4.78, 5) is 22.9. The smallest absolute Gasteiger partial charge is 0.308 e. The van der Waals surface area contributed by atoms with Gasteiger partial charge in [-0.25, -0.2) is 0 Å². The topological polar surface area (TPSA) is 91.3 Å². The van der Waals surface area contributed by atoms with Crippen LogP contribution in [0, 0.1) is 17.8 Å². The summed E-state index contributed by atoms with van der Waals surface area (Å²) >= 11 is 0. The lowest BCUT2D eigenvalue weighted by molar-refractivity contribution is -0.147. The van der Waals surface area contributed by atoms with Crippen molar-refractivity contribution in [3.05, 3.63) is 23.5 Å². The maximum Gasteiger partial charge on any atom is 0.308 e. The Labute approximate surface area is 297 Å². The molecule has 4 atom stereocenters. The van der Waals surface area contributed by atoms with Gasteiger partial charge in [-0.2, -0.15) is 0 Å². The minimum atomic E-state index is -2.16. The van der Waals surface area contributed by atoms with Gasteiger partial charge >= 0.3 is 11.9 Å². The normalized spacial score (nSPS) is 19.5. The van der Waals surface area contributed by atoms with E-state index in [4.69, 9.17) is 18.0 Å². The summed E-state index contributed by atoms with van der Waals surface area (Å²) in [6, 6.07) is 3.23. The van der Waals surface area contributed by atoms with E-state index >= 15 is 0 Å². The van der Waals surface area contributed by atoms with Gasteiger partial charge in [-0.15, -0.1) is 0 Å². The molecule has 10 heteroatoms. The van der Waals surface area contributed by atoms with Crippen LogP contribution in [0.15, 0.2) is 23.5 Å². The maximum atomic E-state index is 11.6. The van der Waals surface area contributed by atoms with Crippen LogP contribution in [0.4, 0.5) is 0 Å². The van der Waals surface area contributed by atoms with E-state index in [1.54, 1.807) is 0 Å².